The number of nitrogens with one attached hydrogen (secondary N) is 1. The van der Waals surface area contributed by atoms with E-state index >= 15 is 0 Å². The second kappa shape index (κ2) is 7.05. The van der Waals surface area contributed by atoms with Crippen molar-refractivity contribution in [1.29, 1.82) is 0 Å². The highest BCUT2D eigenvalue weighted by molar-refractivity contribution is 6.36. The van der Waals surface area contributed by atoms with Crippen molar-refractivity contribution in [1.82, 2.24) is 0 Å². The molecule has 3 aromatic carbocycles. The van der Waals surface area contributed by atoms with Crippen molar-refractivity contribution < 1.29 is 4.79 Å². The fourth-order valence-corrected chi connectivity index (χ4v) is 3.90. The minimum absolute atomic E-state index is 0.0639. The number of carbonyl (C=O) groups is 1. The number of benzene rings is 3. The Morgan fingerprint density at radius 1 is 1.00 bits per heavy atom. The predicted octanol–water partition coefficient (Wildman–Crippen LogP) is 5.13. The van der Waals surface area contributed by atoms with Crippen LogP contribution in [-0.2, 0) is 4.79 Å². The fraction of sp³-hybridized carbons (Fsp3) is 0.182. The van der Waals surface area contributed by atoms with Crippen LogP contribution in [0.4, 0.5) is 11.4 Å². The second-order valence-corrected chi connectivity index (χ2v) is 7.10. The van der Waals surface area contributed by atoms with Gasteiger partial charge in [-0.05, 0) is 38.1 Å². The fourth-order valence-electron chi connectivity index (χ4n) is 3.67. The third-order valence-electron chi connectivity index (χ3n) is 4.97. The van der Waals surface area contributed by atoms with Gasteiger partial charge in [-0.2, -0.15) is 0 Å². The predicted molar refractivity (Wildman–Crippen MR) is 113 cm³/mol. The Kier molecular flexibility index (Phi) is 4.58. The van der Waals surface area contributed by atoms with Gasteiger partial charge in [-0.3, -0.25) is 9.79 Å². The van der Waals surface area contributed by atoms with Crippen molar-refractivity contribution >= 4 is 45.5 Å². The normalized spacial score (nSPS) is 19.2. The highest BCUT2D eigenvalue weighted by atomic mass is 35.5. The van der Waals surface area contributed by atoms with E-state index in [0.29, 0.717) is 5.02 Å². The number of aliphatic imine (C=N–C) groups is 1. The molecule has 1 aliphatic heterocycles. The summed E-state index contributed by atoms with van der Waals surface area (Å²) in [5, 5.41) is 5.55. The standard InChI is InChI=1S/C22H20ClN3O/c1-14-21(24-15(2)26(14)16-8-4-3-5-9-16)22(27)25-20-13-12-19(23)17-10-6-7-11-18(17)20/h3-14,21H,1-2H3,(H,25,27). The SMILES string of the molecule is CC1=NC(C(=O)Nc2ccc(Cl)c3ccccc23)C(C)N1c1ccccc1. The van der Waals surface area contributed by atoms with E-state index in [1.165, 1.54) is 0 Å². The number of fused-ring (bicyclic) bond motifs is 1. The van der Waals surface area contributed by atoms with Crippen LogP contribution in [0.25, 0.3) is 10.8 Å². The molecule has 4 rings (SSSR count). The van der Waals surface area contributed by atoms with Gasteiger partial charge < -0.3 is 10.2 Å². The van der Waals surface area contributed by atoms with Gasteiger partial charge in [-0.25, -0.2) is 0 Å². The maximum absolute atomic E-state index is 13.0. The molecule has 1 amide bonds. The summed E-state index contributed by atoms with van der Waals surface area (Å²) in [6.07, 6.45) is 0. The molecule has 2 atom stereocenters. The van der Waals surface area contributed by atoms with E-state index in [-0.39, 0.29) is 11.9 Å². The second-order valence-electron chi connectivity index (χ2n) is 6.70. The molecular formula is C22H20ClN3O. The average Bonchev–Trinajstić information content (AvgIpc) is 2.99. The number of nitrogens with zero attached hydrogens (tertiary/aromatic N) is 2. The van der Waals surface area contributed by atoms with Gasteiger partial charge in [0.1, 0.15) is 5.84 Å². The van der Waals surface area contributed by atoms with E-state index in [1.807, 2.05) is 80.6 Å². The first kappa shape index (κ1) is 17.6. The van der Waals surface area contributed by atoms with Gasteiger partial charge >= 0.3 is 0 Å². The molecule has 0 aromatic heterocycles. The van der Waals surface area contributed by atoms with Crippen LogP contribution in [-0.4, -0.2) is 23.8 Å². The van der Waals surface area contributed by atoms with Gasteiger partial charge in [-0.15, -0.1) is 0 Å². The van der Waals surface area contributed by atoms with E-state index in [4.69, 9.17) is 11.6 Å². The lowest BCUT2D eigenvalue weighted by molar-refractivity contribution is -0.117. The third-order valence-corrected chi connectivity index (χ3v) is 5.30. The van der Waals surface area contributed by atoms with Crippen molar-refractivity contribution in [3.63, 3.8) is 0 Å². The largest absolute Gasteiger partial charge is 0.325 e. The molecule has 0 aliphatic carbocycles. The summed E-state index contributed by atoms with van der Waals surface area (Å²) >= 11 is 6.28. The molecule has 27 heavy (non-hydrogen) atoms. The van der Waals surface area contributed by atoms with Crippen molar-refractivity contribution in [2.24, 2.45) is 4.99 Å². The molecule has 0 spiro atoms. The van der Waals surface area contributed by atoms with Crippen molar-refractivity contribution in [2.75, 3.05) is 10.2 Å². The van der Waals surface area contributed by atoms with Crippen LogP contribution in [0.2, 0.25) is 5.02 Å². The zero-order valence-electron chi connectivity index (χ0n) is 15.2. The highest BCUT2D eigenvalue weighted by Crippen LogP contribution is 2.31. The molecule has 0 fully saturated rings. The molecular weight excluding hydrogens is 358 g/mol. The van der Waals surface area contributed by atoms with E-state index in [1.54, 1.807) is 0 Å². The Morgan fingerprint density at radius 3 is 2.41 bits per heavy atom. The monoisotopic (exact) mass is 377 g/mol. The van der Waals surface area contributed by atoms with Crippen molar-refractivity contribution in [2.45, 2.75) is 25.9 Å². The molecule has 4 nitrogen and oxygen atoms in total. The van der Waals surface area contributed by atoms with E-state index in [0.717, 1.165) is 28.0 Å². The summed E-state index contributed by atoms with van der Waals surface area (Å²) in [5.74, 6) is 0.725. The topological polar surface area (TPSA) is 44.7 Å². The molecule has 0 saturated heterocycles. The molecule has 1 N–H and O–H groups in total. The molecule has 136 valence electrons. The van der Waals surface area contributed by atoms with Gasteiger partial charge in [0, 0.05) is 27.2 Å². The number of rotatable bonds is 3. The summed E-state index contributed by atoms with van der Waals surface area (Å²) in [6, 6.07) is 20.9. The molecule has 0 saturated carbocycles. The number of hydrogen-bond donors (Lipinski definition) is 1. The van der Waals surface area contributed by atoms with Crippen molar-refractivity contribution in [3.05, 3.63) is 71.8 Å². The lowest BCUT2D eigenvalue weighted by atomic mass is 10.1. The Morgan fingerprint density at radius 2 is 1.67 bits per heavy atom. The minimum Gasteiger partial charge on any atom is -0.325 e. The molecule has 0 bridgehead atoms. The zero-order valence-corrected chi connectivity index (χ0v) is 15.9. The lowest BCUT2D eigenvalue weighted by Gasteiger charge is -2.26. The minimum atomic E-state index is -0.473. The number of para-hydroxylation sites is 1. The number of anilines is 2. The Bertz CT molecular complexity index is 1030. The maximum atomic E-state index is 13.0. The highest BCUT2D eigenvalue weighted by Gasteiger charge is 2.36. The lowest BCUT2D eigenvalue weighted by Crippen LogP contribution is -2.41. The molecule has 3 aromatic rings. The van der Waals surface area contributed by atoms with Crippen molar-refractivity contribution in [3.8, 4) is 0 Å². The number of amidine groups is 1. The van der Waals surface area contributed by atoms with E-state index in [9.17, 15) is 4.79 Å². The first-order chi connectivity index (χ1) is 13.1. The maximum Gasteiger partial charge on any atom is 0.251 e. The number of halogens is 1. The van der Waals surface area contributed by atoms with Gasteiger partial charge in [0.25, 0.3) is 5.91 Å². The summed E-state index contributed by atoms with van der Waals surface area (Å²) in [7, 11) is 0. The smallest absolute Gasteiger partial charge is 0.251 e. The van der Waals surface area contributed by atoms with E-state index < -0.39 is 6.04 Å². The van der Waals surface area contributed by atoms with Gasteiger partial charge in [0.15, 0.2) is 6.04 Å². The van der Waals surface area contributed by atoms with Gasteiger partial charge in [-0.1, -0.05) is 54.1 Å². The van der Waals surface area contributed by atoms with Crippen LogP contribution in [0.15, 0.2) is 71.7 Å². The Hall–Kier alpha value is -2.85. The Balaban J connectivity index is 1.61. The van der Waals surface area contributed by atoms with Gasteiger partial charge in [0.2, 0.25) is 0 Å². The summed E-state index contributed by atoms with van der Waals surface area (Å²) in [4.78, 5) is 19.7. The van der Waals surface area contributed by atoms with Crippen LogP contribution < -0.4 is 10.2 Å². The van der Waals surface area contributed by atoms with Crippen LogP contribution in [0.3, 0.4) is 0 Å². The van der Waals surface area contributed by atoms with Crippen LogP contribution in [0.1, 0.15) is 13.8 Å². The summed E-state index contributed by atoms with van der Waals surface area (Å²) < 4.78 is 0. The first-order valence-corrected chi connectivity index (χ1v) is 9.31. The number of hydrogen-bond acceptors (Lipinski definition) is 3. The zero-order chi connectivity index (χ0) is 19.0. The van der Waals surface area contributed by atoms with Crippen LogP contribution >= 0.6 is 11.6 Å². The van der Waals surface area contributed by atoms with Crippen LogP contribution in [0, 0.1) is 0 Å². The van der Waals surface area contributed by atoms with E-state index in [2.05, 4.69) is 15.2 Å². The molecule has 0 radical (unpaired) electrons. The number of amides is 1. The molecule has 1 aliphatic rings. The summed E-state index contributed by atoms with van der Waals surface area (Å²) in [6.45, 7) is 3.96. The van der Waals surface area contributed by atoms with Gasteiger partial charge in [0.05, 0.1) is 6.04 Å². The Labute approximate surface area is 163 Å². The first-order valence-electron chi connectivity index (χ1n) is 8.93. The molecule has 2 unspecified atom stereocenters. The van der Waals surface area contributed by atoms with Crippen LogP contribution in [0.5, 0.6) is 0 Å². The summed E-state index contributed by atoms with van der Waals surface area (Å²) in [5.41, 5.74) is 1.79. The molecule has 5 heteroatoms. The number of carbonyl (C=O) groups excluding carboxylic acids is 1. The third kappa shape index (κ3) is 3.17. The average molecular weight is 378 g/mol. The quantitative estimate of drug-likeness (QED) is 0.687. The molecule has 1 heterocycles.